The topological polar surface area (TPSA) is 0 Å². The highest BCUT2D eigenvalue weighted by molar-refractivity contribution is 4.44. The van der Waals surface area contributed by atoms with Gasteiger partial charge in [0.05, 0.1) is 6.67 Å². The lowest BCUT2D eigenvalue weighted by atomic mass is 10.3. The van der Waals surface area contributed by atoms with E-state index in [9.17, 15) is 17.6 Å². The summed E-state index contributed by atoms with van der Waals surface area (Å²) < 4.78 is 44.2. The summed E-state index contributed by atoms with van der Waals surface area (Å²) in [5.74, 6) is 0. The van der Waals surface area contributed by atoms with E-state index in [0.717, 1.165) is 12.8 Å². The van der Waals surface area contributed by atoms with Crippen molar-refractivity contribution in [2.45, 2.75) is 45.7 Å². The minimum absolute atomic E-state index is 0.156. The minimum atomic E-state index is -3.95. The Labute approximate surface area is 71.0 Å². The quantitative estimate of drug-likeness (QED) is 0.585. The van der Waals surface area contributed by atoms with Gasteiger partial charge in [0, 0.05) is 6.42 Å². The van der Waals surface area contributed by atoms with Crippen molar-refractivity contribution in [3.05, 3.63) is 0 Å². The van der Waals surface area contributed by atoms with E-state index >= 15 is 0 Å². The summed E-state index contributed by atoms with van der Waals surface area (Å²) in [7, 11) is 0. The third-order valence-corrected chi connectivity index (χ3v) is 1.02. The van der Waals surface area contributed by atoms with Crippen molar-refractivity contribution in [1.29, 1.82) is 0 Å². The summed E-state index contributed by atoms with van der Waals surface area (Å²) >= 11 is 0. The first kappa shape index (κ1) is 14.3. The molecule has 0 aliphatic rings. The van der Waals surface area contributed by atoms with Gasteiger partial charge in [0.15, 0.2) is 0 Å². The summed E-state index contributed by atoms with van der Waals surface area (Å²) in [4.78, 5) is 0. The second kappa shape index (κ2) is 8.81. The van der Waals surface area contributed by atoms with Gasteiger partial charge in [-0.1, -0.05) is 20.3 Å². The highest BCUT2D eigenvalue weighted by Gasteiger charge is 2.24. The molecule has 0 radical (unpaired) electrons. The van der Waals surface area contributed by atoms with E-state index in [0.29, 0.717) is 0 Å². The Morgan fingerprint density at radius 1 is 1.00 bits per heavy atom. The van der Waals surface area contributed by atoms with Gasteiger partial charge in [0.1, 0.15) is 0 Å². The van der Waals surface area contributed by atoms with Crippen LogP contribution in [0.5, 0.6) is 0 Å². The van der Waals surface area contributed by atoms with Gasteiger partial charge >= 0.3 is 6.18 Å². The van der Waals surface area contributed by atoms with Crippen molar-refractivity contribution >= 4 is 0 Å². The average molecular weight is 188 g/mol. The zero-order valence-electron chi connectivity index (χ0n) is 7.55. The molecule has 0 fully saturated rings. The van der Waals surface area contributed by atoms with Gasteiger partial charge in [-0.3, -0.25) is 4.39 Å². The molecule has 0 atom stereocenters. The number of unbranched alkanes of at least 4 members (excludes halogenated alkanes) is 1. The standard InChI is InChI=1S/C4H7F3.C4H9F/c1-2-3-4(5,6)7;1-2-3-4-5/h2-3H2,1H3;2-4H2,1H3. The minimum Gasteiger partial charge on any atom is -0.251 e. The molecule has 0 aromatic rings. The van der Waals surface area contributed by atoms with Gasteiger partial charge in [0.25, 0.3) is 0 Å². The zero-order chi connectivity index (χ0) is 10.0. The van der Waals surface area contributed by atoms with Crippen LogP contribution >= 0.6 is 0 Å². The van der Waals surface area contributed by atoms with Crippen molar-refractivity contribution in [2.24, 2.45) is 0 Å². The smallest absolute Gasteiger partial charge is 0.251 e. The lowest BCUT2D eigenvalue weighted by Crippen LogP contribution is -2.04. The summed E-state index contributed by atoms with van der Waals surface area (Å²) in [6.45, 7) is 3.32. The van der Waals surface area contributed by atoms with E-state index in [1.165, 1.54) is 6.92 Å². The van der Waals surface area contributed by atoms with E-state index in [4.69, 9.17) is 0 Å². The van der Waals surface area contributed by atoms with E-state index in [1.807, 2.05) is 6.92 Å². The number of hydrogen-bond donors (Lipinski definition) is 0. The van der Waals surface area contributed by atoms with Crippen LogP contribution in [0, 0.1) is 0 Å². The monoisotopic (exact) mass is 188 g/mol. The Morgan fingerprint density at radius 2 is 1.50 bits per heavy atom. The maximum Gasteiger partial charge on any atom is 0.389 e. The second-order valence-electron chi connectivity index (χ2n) is 2.41. The molecule has 0 aromatic heterocycles. The number of hydrogen-bond acceptors (Lipinski definition) is 0. The molecule has 0 saturated heterocycles. The molecule has 0 aromatic carbocycles. The number of halogens is 4. The summed E-state index contributed by atoms with van der Waals surface area (Å²) in [5.41, 5.74) is 0. The second-order valence-corrected chi connectivity index (χ2v) is 2.41. The van der Waals surface area contributed by atoms with Crippen LogP contribution in [0.25, 0.3) is 0 Å². The van der Waals surface area contributed by atoms with Gasteiger partial charge < -0.3 is 0 Å². The predicted octanol–water partition coefficient (Wildman–Crippen LogP) is 4.10. The van der Waals surface area contributed by atoms with Crippen molar-refractivity contribution < 1.29 is 17.6 Å². The van der Waals surface area contributed by atoms with Crippen molar-refractivity contribution in [3.63, 3.8) is 0 Å². The molecule has 0 bridgehead atoms. The fourth-order valence-corrected chi connectivity index (χ4v) is 0.417. The van der Waals surface area contributed by atoms with Crippen LogP contribution in [0.15, 0.2) is 0 Å². The maximum absolute atomic E-state index is 11.1. The van der Waals surface area contributed by atoms with E-state index in [1.54, 1.807) is 0 Å². The highest BCUT2D eigenvalue weighted by atomic mass is 19.4. The molecule has 0 aliphatic heterocycles. The molecule has 76 valence electrons. The predicted molar refractivity (Wildman–Crippen MR) is 41.8 cm³/mol. The molecule has 0 N–H and O–H groups in total. The molecular weight excluding hydrogens is 172 g/mol. The number of alkyl halides is 4. The molecular formula is C8H16F4. The molecule has 0 unspecified atom stereocenters. The summed E-state index contributed by atoms with van der Waals surface area (Å²) in [5, 5.41) is 0. The van der Waals surface area contributed by atoms with Crippen molar-refractivity contribution in [2.75, 3.05) is 6.67 Å². The molecule has 0 nitrogen and oxygen atoms in total. The van der Waals surface area contributed by atoms with Crippen LogP contribution in [0.4, 0.5) is 17.6 Å². The van der Waals surface area contributed by atoms with Crippen LogP contribution < -0.4 is 0 Å². The molecule has 0 heterocycles. The maximum atomic E-state index is 11.1. The van der Waals surface area contributed by atoms with Crippen molar-refractivity contribution in [3.8, 4) is 0 Å². The SMILES string of the molecule is CCCC(F)(F)F.CCCCF. The third-order valence-electron chi connectivity index (χ3n) is 1.02. The summed E-state index contributed by atoms with van der Waals surface area (Å²) in [6, 6.07) is 0. The van der Waals surface area contributed by atoms with Crippen LogP contribution in [0.1, 0.15) is 39.5 Å². The fraction of sp³-hybridized carbons (Fsp3) is 1.00. The van der Waals surface area contributed by atoms with Gasteiger partial charge in [-0.15, -0.1) is 0 Å². The Balaban J connectivity index is 0. The first-order valence-corrected chi connectivity index (χ1v) is 4.10. The molecule has 0 aliphatic carbocycles. The largest absolute Gasteiger partial charge is 0.389 e. The van der Waals surface area contributed by atoms with E-state index < -0.39 is 12.6 Å². The van der Waals surface area contributed by atoms with Crippen LogP contribution in [-0.4, -0.2) is 12.9 Å². The first-order chi connectivity index (χ1) is 5.47. The molecule has 0 rings (SSSR count). The Morgan fingerprint density at radius 3 is 1.50 bits per heavy atom. The Hall–Kier alpha value is -0.280. The van der Waals surface area contributed by atoms with Gasteiger partial charge in [0.2, 0.25) is 0 Å². The lowest BCUT2D eigenvalue weighted by molar-refractivity contribution is -0.134. The molecule has 0 amide bonds. The van der Waals surface area contributed by atoms with E-state index in [-0.39, 0.29) is 13.1 Å². The first-order valence-electron chi connectivity index (χ1n) is 4.10. The van der Waals surface area contributed by atoms with E-state index in [2.05, 4.69) is 0 Å². The van der Waals surface area contributed by atoms with Crippen LogP contribution in [0.3, 0.4) is 0 Å². The fourth-order valence-electron chi connectivity index (χ4n) is 0.417. The van der Waals surface area contributed by atoms with Crippen LogP contribution in [0.2, 0.25) is 0 Å². The molecule has 0 spiro atoms. The molecule has 4 heteroatoms. The zero-order valence-corrected chi connectivity index (χ0v) is 7.55. The lowest BCUT2D eigenvalue weighted by Gasteiger charge is -2.00. The van der Waals surface area contributed by atoms with Gasteiger partial charge in [-0.05, 0) is 12.8 Å². The number of rotatable bonds is 3. The van der Waals surface area contributed by atoms with Crippen molar-refractivity contribution in [1.82, 2.24) is 0 Å². The Kier molecular flexibility index (Phi) is 10.5. The van der Waals surface area contributed by atoms with Gasteiger partial charge in [-0.2, -0.15) is 13.2 Å². The average Bonchev–Trinajstić information content (AvgIpc) is 1.87. The summed E-state index contributed by atoms with van der Waals surface area (Å²) in [6.07, 6.45) is -2.73. The molecule has 0 saturated carbocycles. The normalized spacial score (nSPS) is 10.5. The third kappa shape index (κ3) is 22.6. The Bertz CT molecular complexity index is 75.6. The van der Waals surface area contributed by atoms with Crippen LogP contribution in [-0.2, 0) is 0 Å². The van der Waals surface area contributed by atoms with Gasteiger partial charge in [-0.25, -0.2) is 0 Å². The molecule has 12 heavy (non-hydrogen) atoms. The highest BCUT2D eigenvalue weighted by Crippen LogP contribution is 2.20.